The van der Waals surface area contributed by atoms with Crippen LogP contribution in [0, 0.1) is 5.92 Å². The first-order valence-corrected chi connectivity index (χ1v) is 8.41. The molecule has 2 atom stereocenters. The lowest BCUT2D eigenvalue weighted by molar-refractivity contribution is 0.381. The molecule has 1 N–H and O–H groups in total. The summed E-state index contributed by atoms with van der Waals surface area (Å²) in [6.07, 6.45) is 3.82. The van der Waals surface area contributed by atoms with Crippen LogP contribution in [0.25, 0.3) is 0 Å². The van der Waals surface area contributed by atoms with Gasteiger partial charge in [-0.25, -0.2) is 0 Å². The zero-order valence-electron chi connectivity index (χ0n) is 11.6. The Labute approximate surface area is 116 Å². The average molecular weight is 263 g/mol. The molecule has 0 spiro atoms. The standard InChI is InChI=1S/C16H25NS/c1-3-10-17-16-14(9-11-18-4-2)12-13-7-5-6-8-15(13)16/h5-8,14,16-17H,3-4,9-12H2,1-2H3. The Balaban J connectivity index is 2.02. The number of benzene rings is 1. The van der Waals surface area contributed by atoms with E-state index in [2.05, 4.69) is 55.2 Å². The molecule has 1 nitrogen and oxygen atoms in total. The Bertz CT molecular complexity index is 364. The minimum atomic E-state index is 0.596. The summed E-state index contributed by atoms with van der Waals surface area (Å²) in [4.78, 5) is 0. The van der Waals surface area contributed by atoms with Crippen LogP contribution in [0.5, 0.6) is 0 Å². The molecule has 1 aromatic rings. The molecule has 2 heteroatoms. The molecule has 100 valence electrons. The van der Waals surface area contributed by atoms with Crippen molar-refractivity contribution in [3.63, 3.8) is 0 Å². The van der Waals surface area contributed by atoms with Crippen LogP contribution in [0.1, 0.15) is 43.9 Å². The Morgan fingerprint density at radius 2 is 2.11 bits per heavy atom. The minimum absolute atomic E-state index is 0.596. The topological polar surface area (TPSA) is 12.0 Å². The van der Waals surface area contributed by atoms with E-state index < -0.39 is 0 Å². The summed E-state index contributed by atoms with van der Waals surface area (Å²) in [6, 6.07) is 9.58. The van der Waals surface area contributed by atoms with Crippen molar-refractivity contribution in [2.24, 2.45) is 5.92 Å². The van der Waals surface area contributed by atoms with Gasteiger partial charge >= 0.3 is 0 Å². The Morgan fingerprint density at radius 1 is 1.28 bits per heavy atom. The van der Waals surface area contributed by atoms with Crippen molar-refractivity contribution in [3.05, 3.63) is 35.4 Å². The van der Waals surface area contributed by atoms with Gasteiger partial charge in [-0.15, -0.1) is 0 Å². The van der Waals surface area contributed by atoms with Crippen molar-refractivity contribution in [3.8, 4) is 0 Å². The Hall–Kier alpha value is -0.470. The molecule has 1 aliphatic carbocycles. The SMILES string of the molecule is CCCNC1c2ccccc2CC1CCSCC. The summed E-state index contributed by atoms with van der Waals surface area (Å²) in [5.41, 5.74) is 3.12. The van der Waals surface area contributed by atoms with Gasteiger partial charge in [0.1, 0.15) is 0 Å². The van der Waals surface area contributed by atoms with Crippen LogP contribution in [-0.2, 0) is 6.42 Å². The highest BCUT2D eigenvalue weighted by Gasteiger charge is 2.30. The smallest absolute Gasteiger partial charge is 0.0354 e. The molecular weight excluding hydrogens is 238 g/mol. The molecule has 0 aliphatic heterocycles. The second kappa shape index (κ2) is 7.20. The van der Waals surface area contributed by atoms with Gasteiger partial charge in [-0.1, -0.05) is 38.1 Å². The maximum atomic E-state index is 3.76. The molecule has 0 aromatic heterocycles. The van der Waals surface area contributed by atoms with Crippen molar-refractivity contribution >= 4 is 11.8 Å². The number of thioether (sulfide) groups is 1. The molecule has 0 heterocycles. The lowest BCUT2D eigenvalue weighted by Gasteiger charge is -2.21. The highest BCUT2D eigenvalue weighted by atomic mass is 32.2. The monoisotopic (exact) mass is 263 g/mol. The first kappa shape index (κ1) is 14.0. The maximum Gasteiger partial charge on any atom is 0.0354 e. The van der Waals surface area contributed by atoms with Gasteiger partial charge in [0.25, 0.3) is 0 Å². The quantitative estimate of drug-likeness (QED) is 0.745. The van der Waals surface area contributed by atoms with Crippen LogP contribution in [-0.4, -0.2) is 18.1 Å². The van der Waals surface area contributed by atoms with Crippen LogP contribution in [0.4, 0.5) is 0 Å². The average Bonchev–Trinajstić information content (AvgIpc) is 2.74. The molecular formula is C16H25NS. The number of rotatable bonds is 7. The van der Waals surface area contributed by atoms with Gasteiger partial charge in [-0.05, 0) is 54.4 Å². The van der Waals surface area contributed by atoms with Crippen molar-refractivity contribution in [2.45, 2.75) is 39.2 Å². The molecule has 0 saturated heterocycles. The molecule has 2 rings (SSSR count). The molecule has 0 saturated carbocycles. The zero-order chi connectivity index (χ0) is 12.8. The predicted octanol–water partition coefficient (Wildman–Crippen LogP) is 4.04. The molecule has 0 bridgehead atoms. The van der Waals surface area contributed by atoms with Gasteiger partial charge in [-0.3, -0.25) is 0 Å². The maximum absolute atomic E-state index is 3.76. The first-order valence-electron chi connectivity index (χ1n) is 7.25. The van der Waals surface area contributed by atoms with Crippen molar-refractivity contribution < 1.29 is 0 Å². The van der Waals surface area contributed by atoms with Gasteiger partial charge in [0.2, 0.25) is 0 Å². The molecule has 18 heavy (non-hydrogen) atoms. The third-order valence-corrected chi connectivity index (χ3v) is 4.73. The van der Waals surface area contributed by atoms with Gasteiger partial charge < -0.3 is 5.32 Å². The summed E-state index contributed by atoms with van der Waals surface area (Å²) in [6.45, 7) is 5.63. The van der Waals surface area contributed by atoms with Gasteiger partial charge in [0.15, 0.2) is 0 Å². The summed E-state index contributed by atoms with van der Waals surface area (Å²) in [5, 5.41) is 3.76. The lowest BCUT2D eigenvalue weighted by Crippen LogP contribution is -2.26. The normalized spacial score (nSPS) is 22.1. The van der Waals surface area contributed by atoms with E-state index in [-0.39, 0.29) is 0 Å². The number of fused-ring (bicyclic) bond motifs is 1. The fourth-order valence-corrected chi connectivity index (χ4v) is 3.66. The van der Waals surface area contributed by atoms with Crippen molar-refractivity contribution in [2.75, 3.05) is 18.1 Å². The zero-order valence-corrected chi connectivity index (χ0v) is 12.4. The van der Waals surface area contributed by atoms with E-state index in [1.807, 2.05) is 0 Å². The van der Waals surface area contributed by atoms with Crippen LogP contribution in [0.3, 0.4) is 0 Å². The summed E-state index contributed by atoms with van der Waals surface area (Å²) >= 11 is 2.07. The number of nitrogens with one attached hydrogen (secondary N) is 1. The number of hydrogen-bond acceptors (Lipinski definition) is 2. The molecule has 1 aliphatic rings. The van der Waals surface area contributed by atoms with Crippen LogP contribution in [0.2, 0.25) is 0 Å². The predicted molar refractivity (Wildman–Crippen MR) is 82.3 cm³/mol. The third kappa shape index (κ3) is 3.30. The largest absolute Gasteiger partial charge is 0.310 e. The fraction of sp³-hybridized carbons (Fsp3) is 0.625. The van der Waals surface area contributed by atoms with Crippen molar-refractivity contribution in [1.82, 2.24) is 5.32 Å². The van der Waals surface area contributed by atoms with E-state index >= 15 is 0 Å². The van der Waals surface area contributed by atoms with E-state index in [1.54, 1.807) is 11.1 Å². The Kier molecular flexibility index (Phi) is 5.58. The lowest BCUT2D eigenvalue weighted by atomic mass is 9.98. The molecule has 0 fully saturated rings. The van der Waals surface area contributed by atoms with Gasteiger partial charge in [-0.2, -0.15) is 11.8 Å². The third-order valence-electron chi connectivity index (χ3n) is 3.80. The van der Waals surface area contributed by atoms with Crippen LogP contribution in [0.15, 0.2) is 24.3 Å². The van der Waals surface area contributed by atoms with E-state index in [9.17, 15) is 0 Å². The minimum Gasteiger partial charge on any atom is -0.310 e. The van der Waals surface area contributed by atoms with Gasteiger partial charge in [0, 0.05) is 6.04 Å². The van der Waals surface area contributed by atoms with Crippen molar-refractivity contribution in [1.29, 1.82) is 0 Å². The highest BCUT2D eigenvalue weighted by molar-refractivity contribution is 7.99. The summed E-state index contributed by atoms with van der Waals surface area (Å²) in [7, 11) is 0. The van der Waals surface area contributed by atoms with Gasteiger partial charge in [0.05, 0.1) is 0 Å². The van der Waals surface area contributed by atoms with E-state index in [1.165, 1.54) is 30.8 Å². The van der Waals surface area contributed by atoms with E-state index in [0.29, 0.717) is 6.04 Å². The second-order valence-electron chi connectivity index (χ2n) is 5.08. The highest BCUT2D eigenvalue weighted by Crippen LogP contribution is 2.38. The van der Waals surface area contributed by atoms with Crippen LogP contribution < -0.4 is 5.32 Å². The summed E-state index contributed by atoms with van der Waals surface area (Å²) < 4.78 is 0. The first-order chi connectivity index (χ1) is 8.86. The molecule has 2 unspecified atom stereocenters. The van der Waals surface area contributed by atoms with Crippen LogP contribution >= 0.6 is 11.8 Å². The Morgan fingerprint density at radius 3 is 2.89 bits per heavy atom. The number of hydrogen-bond donors (Lipinski definition) is 1. The summed E-state index contributed by atoms with van der Waals surface area (Å²) in [5.74, 6) is 3.35. The fourth-order valence-electron chi connectivity index (χ4n) is 2.90. The molecule has 1 aromatic carbocycles. The molecule has 0 amide bonds. The van der Waals surface area contributed by atoms with E-state index in [0.717, 1.165) is 12.5 Å². The molecule has 0 radical (unpaired) electrons. The second-order valence-corrected chi connectivity index (χ2v) is 6.47. The van der Waals surface area contributed by atoms with E-state index in [4.69, 9.17) is 0 Å².